The third-order valence-electron chi connectivity index (χ3n) is 5.34. The Morgan fingerprint density at radius 3 is 2.59 bits per heavy atom. The highest BCUT2D eigenvalue weighted by molar-refractivity contribution is 7.99. The normalized spacial score (nSPS) is 23.1. The first kappa shape index (κ1) is 20.5. The van der Waals surface area contributed by atoms with Crippen LogP contribution < -0.4 is 4.74 Å². The predicted molar refractivity (Wildman–Crippen MR) is 115 cm³/mol. The molecule has 2 aliphatic rings. The van der Waals surface area contributed by atoms with Crippen LogP contribution in [0.15, 0.2) is 52.3 Å². The fourth-order valence-corrected chi connectivity index (χ4v) is 5.91. The van der Waals surface area contributed by atoms with E-state index in [1.807, 2.05) is 42.5 Å². The highest BCUT2D eigenvalue weighted by Gasteiger charge is 2.33. The van der Waals surface area contributed by atoms with Gasteiger partial charge in [0.15, 0.2) is 0 Å². The summed E-state index contributed by atoms with van der Waals surface area (Å²) < 4.78 is 29.6. The van der Waals surface area contributed by atoms with E-state index < -0.39 is 7.82 Å². The van der Waals surface area contributed by atoms with Crippen LogP contribution >= 0.6 is 19.6 Å². The Morgan fingerprint density at radius 2 is 1.83 bits per heavy atom. The fraction of sp³-hybridized carbons (Fsp3) is 0.364. The van der Waals surface area contributed by atoms with Crippen LogP contribution in [0.5, 0.6) is 5.75 Å². The summed E-state index contributed by atoms with van der Waals surface area (Å²) in [6, 6.07) is 13.4. The summed E-state index contributed by atoms with van der Waals surface area (Å²) in [5.74, 6) is 1.63. The smallest absolute Gasteiger partial charge is 0.496 e. The summed E-state index contributed by atoms with van der Waals surface area (Å²) in [5, 5.41) is 0. The number of phosphoric acid groups is 1. The van der Waals surface area contributed by atoms with Crippen molar-refractivity contribution >= 4 is 31.4 Å². The number of hydrogen-bond acceptors (Lipinski definition) is 5. The molecule has 1 N–H and O–H groups in total. The largest absolute Gasteiger partial charge is 0.527 e. The molecule has 1 unspecified atom stereocenters. The predicted octanol–water partition coefficient (Wildman–Crippen LogP) is 6.37. The van der Waals surface area contributed by atoms with Crippen LogP contribution in [0.3, 0.4) is 0 Å². The molecule has 1 aliphatic heterocycles. The molecule has 29 heavy (non-hydrogen) atoms. The minimum absolute atomic E-state index is 0.250. The molecule has 2 aromatic carbocycles. The summed E-state index contributed by atoms with van der Waals surface area (Å²) in [6.45, 7) is 2.20. The molecule has 7 heteroatoms. The molecular formula is C22H25O5PS. The van der Waals surface area contributed by atoms with E-state index in [0.29, 0.717) is 23.0 Å². The van der Waals surface area contributed by atoms with Gasteiger partial charge in [-0.3, -0.25) is 9.42 Å². The zero-order valence-corrected chi connectivity index (χ0v) is 18.2. The van der Waals surface area contributed by atoms with Crippen molar-refractivity contribution in [3.05, 3.63) is 53.6 Å². The first-order valence-corrected chi connectivity index (χ1v) is 12.1. The number of ether oxygens (including phenoxy) is 1. The van der Waals surface area contributed by atoms with Crippen molar-refractivity contribution in [3.8, 4) is 5.75 Å². The van der Waals surface area contributed by atoms with Crippen LogP contribution in [0.2, 0.25) is 0 Å². The summed E-state index contributed by atoms with van der Waals surface area (Å²) in [4.78, 5) is 12.4. The van der Waals surface area contributed by atoms with E-state index in [2.05, 4.69) is 6.92 Å². The van der Waals surface area contributed by atoms with Gasteiger partial charge < -0.3 is 9.26 Å². The standard InChI is InChI=1S/C22H25O5PS/c1-15-10-12-17(13-11-15)26-28(23,24)27-20-14-16-6-3-4-9-21(16)29-22-18(20)7-5-8-19(22)25-2/h3-9,14-15,17H,10-13H2,1-2H3,(H,23,24). The molecule has 0 radical (unpaired) electrons. The highest BCUT2D eigenvalue weighted by Crippen LogP contribution is 2.54. The maximum Gasteiger partial charge on any atom is 0.527 e. The topological polar surface area (TPSA) is 65.0 Å². The van der Waals surface area contributed by atoms with Gasteiger partial charge in [-0.15, -0.1) is 0 Å². The van der Waals surface area contributed by atoms with Crippen molar-refractivity contribution in [3.63, 3.8) is 0 Å². The quantitative estimate of drug-likeness (QED) is 0.554. The third kappa shape index (κ3) is 4.72. The van der Waals surface area contributed by atoms with Crippen molar-refractivity contribution < 1.29 is 23.2 Å². The molecule has 0 bridgehead atoms. The van der Waals surface area contributed by atoms with E-state index in [1.165, 1.54) is 0 Å². The Kier molecular flexibility index (Phi) is 6.07. The van der Waals surface area contributed by atoms with Crippen molar-refractivity contribution in [2.45, 2.75) is 48.5 Å². The molecule has 2 aromatic rings. The van der Waals surface area contributed by atoms with Crippen molar-refractivity contribution in [2.24, 2.45) is 5.92 Å². The van der Waals surface area contributed by atoms with Gasteiger partial charge >= 0.3 is 7.82 Å². The van der Waals surface area contributed by atoms with Crippen molar-refractivity contribution in [1.29, 1.82) is 0 Å². The van der Waals surface area contributed by atoms with Gasteiger partial charge in [0, 0.05) is 10.5 Å². The van der Waals surface area contributed by atoms with E-state index >= 15 is 0 Å². The van der Waals surface area contributed by atoms with Gasteiger partial charge in [-0.1, -0.05) is 43.0 Å². The maximum absolute atomic E-state index is 12.9. The Bertz CT molecular complexity index is 965. The van der Waals surface area contributed by atoms with Gasteiger partial charge in [0.05, 0.1) is 18.1 Å². The molecule has 5 nitrogen and oxygen atoms in total. The molecule has 4 rings (SSSR count). The molecule has 0 saturated heterocycles. The molecule has 0 aromatic heterocycles. The molecular weight excluding hydrogens is 407 g/mol. The second-order valence-corrected chi connectivity index (χ2v) is 9.92. The summed E-state index contributed by atoms with van der Waals surface area (Å²) in [6.07, 6.45) is 5.09. The lowest BCUT2D eigenvalue weighted by molar-refractivity contribution is 0.0918. The summed E-state index contributed by atoms with van der Waals surface area (Å²) >= 11 is 1.55. The van der Waals surface area contributed by atoms with Crippen LogP contribution in [0.4, 0.5) is 0 Å². The van der Waals surface area contributed by atoms with Gasteiger partial charge in [-0.2, -0.15) is 0 Å². The van der Waals surface area contributed by atoms with Gasteiger partial charge in [0.1, 0.15) is 11.5 Å². The minimum Gasteiger partial charge on any atom is -0.496 e. The average Bonchev–Trinajstić information content (AvgIpc) is 2.85. The van der Waals surface area contributed by atoms with Gasteiger partial charge in [0.2, 0.25) is 0 Å². The van der Waals surface area contributed by atoms with Gasteiger partial charge in [-0.25, -0.2) is 4.57 Å². The molecule has 1 heterocycles. The second kappa shape index (κ2) is 8.57. The fourth-order valence-electron chi connectivity index (χ4n) is 3.74. The van der Waals surface area contributed by atoms with Crippen LogP contribution in [0.1, 0.15) is 43.7 Å². The zero-order valence-electron chi connectivity index (χ0n) is 16.5. The summed E-state index contributed by atoms with van der Waals surface area (Å²) in [5.41, 5.74) is 1.62. The van der Waals surface area contributed by atoms with E-state index in [0.717, 1.165) is 41.0 Å². The van der Waals surface area contributed by atoms with Gasteiger partial charge in [-0.05, 0) is 61.4 Å². The molecule has 1 saturated carbocycles. The molecule has 0 spiro atoms. The number of benzene rings is 2. The Balaban J connectivity index is 1.66. The second-order valence-electron chi connectivity index (χ2n) is 7.53. The Morgan fingerprint density at radius 1 is 1.07 bits per heavy atom. The molecule has 0 amide bonds. The van der Waals surface area contributed by atoms with E-state index in [9.17, 15) is 9.46 Å². The van der Waals surface area contributed by atoms with E-state index in [-0.39, 0.29) is 6.10 Å². The lowest BCUT2D eigenvalue weighted by Crippen LogP contribution is -2.19. The Labute approximate surface area is 175 Å². The molecule has 1 aliphatic carbocycles. The molecule has 154 valence electrons. The Hall–Kier alpha value is -1.72. The lowest BCUT2D eigenvalue weighted by atomic mass is 9.89. The number of methoxy groups -OCH3 is 1. The van der Waals surface area contributed by atoms with Crippen molar-refractivity contribution in [2.75, 3.05) is 7.11 Å². The first-order valence-electron chi connectivity index (χ1n) is 9.82. The zero-order chi connectivity index (χ0) is 20.4. The highest BCUT2D eigenvalue weighted by atomic mass is 32.2. The maximum atomic E-state index is 12.9. The third-order valence-corrected chi connectivity index (χ3v) is 7.55. The summed E-state index contributed by atoms with van der Waals surface area (Å²) in [7, 11) is -2.67. The minimum atomic E-state index is -4.28. The number of rotatable bonds is 5. The monoisotopic (exact) mass is 432 g/mol. The van der Waals surface area contributed by atoms with Crippen LogP contribution in [0, 0.1) is 5.92 Å². The SMILES string of the molecule is COc1cccc2c1Sc1ccccc1C=C2OP(=O)(O)OC1CCC(C)CC1. The van der Waals surface area contributed by atoms with Gasteiger partial charge in [0.25, 0.3) is 0 Å². The lowest BCUT2D eigenvalue weighted by Gasteiger charge is -2.27. The number of phosphoric ester groups is 1. The average molecular weight is 432 g/mol. The number of hydrogen-bond donors (Lipinski definition) is 1. The van der Waals surface area contributed by atoms with E-state index in [4.69, 9.17) is 13.8 Å². The molecule has 1 fully saturated rings. The van der Waals surface area contributed by atoms with Crippen LogP contribution in [-0.2, 0) is 13.6 Å². The first-order chi connectivity index (χ1) is 13.9. The van der Waals surface area contributed by atoms with Crippen molar-refractivity contribution in [1.82, 2.24) is 0 Å². The van der Waals surface area contributed by atoms with E-state index in [1.54, 1.807) is 24.9 Å². The number of fused-ring (bicyclic) bond motifs is 2. The van der Waals surface area contributed by atoms with Crippen LogP contribution in [0.25, 0.3) is 11.8 Å². The molecule has 1 atom stereocenters. The van der Waals surface area contributed by atoms with Crippen LogP contribution in [-0.4, -0.2) is 18.1 Å².